The zero-order valence-electron chi connectivity index (χ0n) is 13.8. The number of amides is 1. The van der Waals surface area contributed by atoms with Crippen LogP contribution in [-0.4, -0.2) is 27.6 Å². The van der Waals surface area contributed by atoms with E-state index in [1.165, 1.54) is 7.11 Å². The molecule has 122 valence electrons. The molecule has 24 heavy (non-hydrogen) atoms. The van der Waals surface area contributed by atoms with Crippen LogP contribution in [0.3, 0.4) is 0 Å². The van der Waals surface area contributed by atoms with Crippen molar-refractivity contribution in [1.29, 1.82) is 0 Å². The van der Waals surface area contributed by atoms with Crippen LogP contribution in [0.5, 0.6) is 5.88 Å². The maximum absolute atomic E-state index is 12.3. The van der Waals surface area contributed by atoms with E-state index >= 15 is 0 Å². The van der Waals surface area contributed by atoms with Crippen molar-refractivity contribution < 1.29 is 9.53 Å². The second-order valence-corrected chi connectivity index (χ2v) is 5.37. The highest BCUT2D eigenvalue weighted by molar-refractivity contribution is 6.04. The van der Waals surface area contributed by atoms with Crippen LogP contribution in [0, 0.1) is 13.8 Å². The molecular weight excluding hydrogens is 304 g/mol. The first-order chi connectivity index (χ1) is 11.6. The lowest BCUT2D eigenvalue weighted by atomic mass is 10.2. The third kappa shape index (κ3) is 3.12. The van der Waals surface area contributed by atoms with Gasteiger partial charge in [-0.15, -0.1) is 0 Å². The fourth-order valence-corrected chi connectivity index (χ4v) is 2.33. The Labute approximate surface area is 140 Å². The molecule has 0 bridgehead atoms. The number of rotatable bonds is 4. The molecule has 0 radical (unpaired) electrons. The first kappa shape index (κ1) is 15.7. The van der Waals surface area contributed by atoms with E-state index in [9.17, 15) is 4.79 Å². The van der Waals surface area contributed by atoms with Gasteiger partial charge in [0, 0.05) is 34.9 Å². The molecular formula is C18H18N4O2. The van der Waals surface area contributed by atoms with Gasteiger partial charge >= 0.3 is 0 Å². The van der Waals surface area contributed by atoms with Crippen LogP contribution < -0.4 is 10.1 Å². The Kier molecular flexibility index (Phi) is 4.29. The number of carbonyl (C=O) groups is 1. The smallest absolute Gasteiger partial charge is 0.255 e. The summed E-state index contributed by atoms with van der Waals surface area (Å²) in [5.74, 6) is 0.196. The minimum atomic E-state index is -0.210. The van der Waals surface area contributed by atoms with Gasteiger partial charge in [0.15, 0.2) is 0 Å². The Morgan fingerprint density at radius 3 is 2.50 bits per heavy atom. The highest BCUT2D eigenvalue weighted by Crippen LogP contribution is 2.18. The molecule has 0 saturated heterocycles. The summed E-state index contributed by atoms with van der Waals surface area (Å²) in [5.41, 5.74) is 4.30. The van der Waals surface area contributed by atoms with Gasteiger partial charge in [-0.05, 0) is 44.2 Å². The molecule has 0 atom stereocenters. The number of carbonyl (C=O) groups excluding carboxylic acids is 1. The Bertz CT molecular complexity index is 869. The standard InChI is InChI=1S/C18H18N4O2/c1-12-13(2)22(11-20-12)16-6-4-15(5-7-16)21-18(23)14-8-9-19-17(10-14)24-3/h4-11H,1-3H3,(H,21,23). The van der Waals surface area contributed by atoms with Crippen LogP contribution in [0.4, 0.5) is 5.69 Å². The van der Waals surface area contributed by atoms with Gasteiger partial charge in [0.25, 0.3) is 5.91 Å². The number of nitrogens with one attached hydrogen (secondary N) is 1. The number of anilines is 1. The number of imidazole rings is 1. The van der Waals surface area contributed by atoms with Gasteiger partial charge in [0.1, 0.15) is 0 Å². The van der Waals surface area contributed by atoms with Crippen molar-refractivity contribution in [2.45, 2.75) is 13.8 Å². The molecule has 1 N–H and O–H groups in total. The molecule has 1 aromatic carbocycles. The molecule has 0 unspecified atom stereocenters. The number of hydrogen-bond donors (Lipinski definition) is 1. The maximum Gasteiger partial charge on any atom is 0.255 e. The van der Waals surface area contributed by atoms with E-state index in [4.69, 9.17) is 4.74 Å². The maximum atomic E-state index is 12.3. The molecule has 0 spiro atoms. The quantitative estimate of drug-likeness (QED) is 0.801. The van der Waals surface area contributed by atoms with Gasteiger partial charge in [0.05, 0.1) is 19.1 Å². The number of aromatic nitrogens is 3. The molecule has 3 aromatic rings. The van der Waals surface area contributed by atoms with Crippen molar-refractivity contribution in [3.8, 4) is 11.6 Å². The van der Waals surface area contributed by atoms with Crippen LogP contribution >= 0.6 is 0 Å². The normalized spacial score (nSPS) is 10.5. The number of aryl methyl sites for hydroxylation is 1. The number of pyridine rings is 1. The number of ether oxygens (including phenoxy) is 1. The fourth-order valence-electron chi connectivity index (χ4n) is 2.33. The zero-order chi connectivity index (χ0) is 17.1. The van der Waals surface area contributed by atoms with Crippen LogP contribution in [0.2, 0.25) is 0 Å². The molecule has 0 aliphatic carbocycles. The van der Waals surface area contributed by atoms with Gasteiger partial charge in [-0.1, -0.05) is 0 Å². The average Bonchev–Trinajstić information content (AvgIpc) is 2.95. The number of hydrogen-bond acceptors (Lipinski definition) is 4. The van der Waals surface area contributed by atoms with Gasteiger partial charge in [-0.3, -0.25) is 4.79 Å². The highest BCUT2D eigenvalue weighted by atomic mass is 16.5. The number of benzene rings is 1. The predicted molar refractivity (Wildman–Crippen MR) is 91.8 cm³/mol. The van der Waals surface area contributed by atoms with Gasteiger partial charge in [-0.2, -0.15) is 0 Å². The minimum Gasteiger partial charge on any atom is -0.481 e. The van der Waals surface area contributed by atoms with Crippen molar-refractivity contribution in [3.05, 3.63) is 65.9 Å². The van der Waals surface area contributed by atoms with Crippen LogP contribution in [0.1, 0.15) is 21.7 Å². The monoisotopic (exact) mass is 322 g/mol. The lowest BCUT2D eigenvalue weighted by Gasteiger charge is -2.09. The average molecular weight is 322 g/mol. The Hall–Kier alpha value is -3.15. The van der Waals surface area contributed by atoms with Crippen LogP contribution in [0.15, 0.2) is 48.9 Å². The molecule has 2 aromatic heterocycles. The molecule has 1 amide bonds. The second kappa shape index (κ2) is 6.54. The third-order valence-electron chi connectivity index (χ3n) is 3.86. The zero-order valence-corrected chi connectivity index (χ0v) is 13.8. The Morgan fingerprint density at radius 2 is 1.88 bits per heavy atom. The SMILES string of the molecule is COc1cc(C(=O)Nc2ccc(-n3cnc(C)c3C)cc2)ccn1. The summed E-state index contributed by atoms with van der Waals surface area (Å²) in [4.78, 5) is 20.6. The molecule has 3 rings (SSSR count). The lowest BCUT2D eigenvalue weighted by Crippen LogP contribution is -2.12. The van der Waals surface area contributed by atoms with Crippen molar-refractivity contribution in [2.24, 2.45) is 0 Å². The van der Waals surface area contributed by atoms with E-state index in [0.717, 1.165) is 17.1 Å². The number of nitrogens with zero attached hydrogens (tertiary/aromatic N) is 3. The molecule has 0 saturated carbocycles. The first-order valence-electron chi connectivity index (χ1n) is 7.51. The van der Waals surface area contributed by atoms with Crippen molar-refractivity contribution in [2.75, 3.05) is 12.4 Å². The van der Waals surface area contributed by atoms with Crippen LogP contribution in [0.25, 0.3) is 5.69 Å². The fraction of sp³-hybridized carbons (Fsp3) is 0.167. The predicted octanol–water partition coefficient (Wildman–Crippen LogP) is 3.15. The highest BCUT2D eigenvalue weighted by Gasteiger charge is 2.09. The van der Waals surface area contributed by atoms with E-state index in [2.05, 4.69) is 15.3 Å². The molecule has 0 fully saturated rings. The van der Waals surface area contributed by atoms with Crippen LogP contribution in [-0.2, 0) is 0 Å². The summed E-state index contributed by atoms with van der Waals surface area (Å²) in [5, 5.41) is 2.86. The lowest BCUT2D eigenvalue weighted by molar-refractivity contribution is 0.102. The molecule has 0 aliphatic rings. The summed E-state index contributed by atoms with van der Waals surface area (Å²) in [7, 11) is 1.52. The molecule has 0 aliphatic heterocycles. The van der Waals surface area contributed by atoms with E-state index in [1.54, 1.807) is 24.7 Å². The van der Waals surface area contributed by atoms with Gasteiger partial charge in [0.2, 0.25) is 5.88 Å². The minimum absolute atomic E-state index is 0.210. The molecule has 2 heterocycles. The summed E-state index contributed by atoms with van der Waals surface area (Å²) < 4.78 is 7.04. The third-order valence-corrected chi connectivity index (χ3v) is 3.86. The van der Waals surface area contributed by atoms with E-state index in [1.807, 2.05) is 42.7 Å². The summed E-state index contributed by atoms with van der Waals surface area (Å²) >= 11 is 0. The van der Waals surface area contributed by atoms with E-state index in [-0.39, 0.29) is 5.91 Å². The van der Waals surface area contributed by atoms with E-state index < -0.39 is 0 Å². The summed E-state index contributed by atoms with van der Waals surface area (Å²) in [6, 6.07) is 10.8. The largest absolute Gasteiger partial charge is 0.481 e. The summed E-state index contributed by atoms with van der Waals surface area (Å²) in [6.45, 7) is 4.00. The van der Waals surface area contributed by atoms with Gasteiger partial charge in [-0.25, -0.2) is 9.97 Å². The number of methoxy groups -OCH3 is 1. The topological polar surface area (TPSA) is 69.0 Å². The van der Waals surface area contributed by atoms with Crippen molar-refractivity contribution >= 4 is 11.6 Å². The Balaban J connectivity index is 1.76. The molecule has 6 nitrogen and oxygen atoms in total. The molecule has 6 heteroatoms. The Morgan fingerprint density at radius 1 is 1.12 bits per heavy atom. The van der Waals surface area contributed by atoms with Crippen molar-refractivity contribution in [3.63, 3.8) is 0 Å². The van der Waals surface area contributed by atoms with E-state index in [0.29, 0.717) is 17.1 Å². The summed E-state index contributed by atoms with van der Waals surface area (Å²) in [6.07, 6.45) is 3.34. The first-order valence-corrected chi connectivity index (χ1v) is 7.51. The second-order valence-electron chi connectivity index (χ2n) is 5.37. The van der Waals surface area contributed by atoms with Gasteiger partial charge < -0.3 is 14.6 Å². The van der Waals surface area contributed by atoms with Crippen molar-refractivity contribution in [1.82, 2.24) is 14.5 Å².